The molecule has 0 radical (unpaired) electrons. The minimum atomic E-state index is 0.0862. The molecule has 0 spiro atoms. The van der Waals surface area contributed by atoms with Crippen LogP contribution in [-0.4, -0.2) is 22.6 Å². The number of benzene rings is 2. The van der Waals surface area contributed by atoms with Gasteiger partial charge in [-0.15, -0.1) is 0 Å². The Bertz CT molecular complexity index is 460. The Kier molecular flexibility index (Phi) is 3.03. The summed E-state index contributed by atoms with van der Waals surface area (Å²) in [5.74, 6) is 0.0862. The van der Waals surface area contributed by atoms with Gasteiger partial charge in [-0.1, -0.05) is 0 Å². The molecule has 0 amide bonds. The molecule has 0 aliphatic heterocycles. The molecule has 2 heteroatoms. The van der Waals surface area contributed by atoms with Crippen molar-refractivity contribution in [2.75, 3.05) is 0 Å². The normalized spacial score (nSPS) is 9.93. The van der Waals surface area contributed by atoms with E-state index >= 15 is 0 Å². The number of hydrogen-bond donors (Lipinski definition) is 0. The summed E-state index contributed by atoms with van der Waals surface area (Å²) in [5.41, 5.74) is 1.49. The molecule has 1 nitrogen and oxygen atoms in total. The van der Waals surface area contributed by atoms with Gasteiger partial charge in [0.1, 0.15) is 0 Å². The van der Waals surface area contributed by atoms with Crippen LogP contribution >= 0.6 is 0 Å². The predicted octanol–water partition coefficient (Wildman–Crippen LogP) is 1.18. The van der Waals surface area contributed by atoms with E-state index in [2.05, 4.69) is 0 Å². The van der Waals surface area contributed by atoms with E-state index in [4.69, 9.17) is 0 Å². The van der Waals surface area contributed by atoms with Gasteiger partial charge in [0, 0.05) is 0 Å². The summed E-state index contributed by atoms with van der Waals surface area (Å²) in [4.78, 5) is 12.0. The third kappa shape index (κ3) is 2.37. The molecule has 0 bridgehead atoms. The van der Waals surface area contributed by atoms with Gasteiger partial charge in [-0.2, -0.15) is 0 Å². The van der Waals surface area contributed by atoms with E-state index in [1.165, 1.54) is 4.35 Å². The monoisotopic (exact) mass is 258 g/mol. The molecule has 1 unspecified atom stereocenters. The second-order valence-corrected chi connectivity index (χ2v) is 4.72. The van der Waals surface area contributed by atoms with E-state index < -0.39 is 0 Å². The third-order valence-electron chi connectivity index (χ3n) is 2.21. The van der Waals surface area contributed by atoms with Crippen molar-refractivity contribution >= 4 is 27.0 Å². The SMILES string of the molecule is O=C(c1ccccc1)c1ccc([AsH2])cc1. The van der Waals surface area contributed by atoms with Crippen LogP contribution in [-0.2, 0) is 0 Å². The van der Waals surface area contributed by atoms with Gasteiger partial charge in [-0.3, -0.25) is 0 Å². The van der Waals surface area contributed by atoms with Crippen molar-refractivity contribution in [2.45, 2.75) is 0 Å². The van der Waals surface area contributed by atoms with Crippen molar-refractivity contribution in [2.24, 2.45) is 0 Å². The van der Waals surface area contributed by atoms with Crippen LogP contribution in [0.5, 0.6) is 0 Å². The van der Waals surface area contributed by atoms with Crippen LogP contribution in [0.4, 0.5) is 0 Å². The Hall–Kier alpha value is -1.33. The second-order valence-electron chi connectivity index (χ2n) is 3.32. The Morgan fingerprint density at radius 1 is 0.800 bits per heavy atom. The summed E-state index contributed by atoms with van der Waals surface area (Å²) in [6.07, 6.45) is 0. The number of ketones is 1. The predicted molar refractivity (Wildman–Crippen MR) is 64.5 cm³/mol. The van der Waals surface area contributed by atoms with Gasteiger partial charge >= 0.3 is 97.5 Å². The number of carbonyl (C=O) groups is 1. The molecule has 0 heterocycles. The minimum absolute atomic E-state index is 0.0862. The van der Waals surface area contributed by atoms with Crippen molar-refractivity contribution in [1.82, 2.24) is 0 Å². The maximum absolute atomic E-state index is 12.0. The Labute approximate surface area is 97.6 Å². The number of rotatable bonds is 2. The van der Waals surface area contributed by atoms with Crippen LogP contribution in [0.3, 0.4) is 0 Å². The summed E-state index contributed by atoms with van der Waals surface area (Å²) >= 11 is 1.57. The van der Waals surface area contributed by atoms with Crippen molar-refractivity contribution in [3.63, 3.8) is 0 Å². The van der Waals surface area contributed by atoms with E-state index in [1.54, 1.807) is 16.9 Å². The van der Waals surface area contributed by atoms with Gasteiger partial charge in [-0.05, 0) is 0 Å². The standard InChI is InChI=1S/C13H11AsO/c14-12-8-6-11(7-9-12)13(15)10-4-2-1-3-5-10/h1-9H,14H2. The zero-order valence-corrected chi connectivity index (χ0v) is 10.6. The molecule has 2 rings (SSSR count). The number of hydrogen-bond acceptors (Lipinski definition) is 1. The van der Waals surface area contributed by atoms with Crippen molar-refractivity contribution < 1.29 is 4.79 Å². The van der Waals surface area contributed by atoms with Crippen LogP contribution < -0.4 is 4.35 Å². The molecule has 0 saturated heterocycles. The fraction of sp³-hybridized carbons (Fsp3) is 0. The fourth-order valence-corrected chi connectivity index (χ4v) is 1.79. The van der Waals surface area contributed by atoms with E-state index in [1.807, 2.05) is 54.6 Å². The average Bonchev–Trinajstić information content (AvgIpc) is 2.30. The summed E-state index contributed by atoms with van der Waals surface area (Å²) < 4.78 is 1.23. The van der Waals surface area contributed by atoms with E-state index in [9.17, 15) is 4.79 Å². The maximum atomic E-state index is 12.0. The Morgan fingerprint density at radius 3 is 1.93 bits per heavy atom. The molecule has 0 saturated carbocycles. The molecular formula is C13H11AsO. The molecule has 1 atom stereocenters. The average molecular weight is 258 g/mol. The van der Waals surface area contributed by atoms with Crippen LogP contribution in [0.25, 0.3) is 0 Å². The zero-order valence-electron chi connectivity index (χ0n) is 8.18. The van der Waals surface area contributed by atoms with Gasteiger partial charge in [0.2, 0.25) is 0 Å². The number of carbonyl (C=O) groups excluding carboxylic acids is 1. The van der Waals surface area contributed by atoms with Crippen LogP contribution in [0.1, 0.15) is 15.9 Å². The molecule has 0 aliphatic rings. The molecular weight excluding hydrogens is 247 g/mol. The first-order valence-electron chi connectivity index (χ1n) is 4.72. The van der Waals surface area contributed by atoms with E-state index in [0.29, 0.717) is 0 Å². The molecule has 0 aliphatic carbocycles. The molecule has 0 aromatic heterocycles. The van der Waals surface area contributed by atoms with Gasteiger partial charge in [0.25, 0.3) is 0 Å². The van der Waals surface area contributed by atoms with Crippen molar-refractivity contribution in [1.29, 1.82) is 0 Å². The van der Waals surface area contributed by atoms with E-state index in [-0.39, 0.29) is 5.78 Å². The zero-order chi connectivity index (χ0) is 10.7. The first-order chi connectivity index (χ1) is 7.27. The topological polar surface area (TPSA) is 17.1 Å². The van der Waals surface area contributed by atoms with Crippen molar-refractivity contribution in [3.05, 3.63) is 65.7 Å². The second kappa shape index (κ2) is 4.46. The molecule has 0 fully saturated rings. The summed E-state index contributed by atoms with van der Waals surface area (Å²) in [5, 5.41) is 0. The fourth-order valence-electron chi connectivity index (χ4n) is 1.39. The van der Waals surface area contributed by atoms with Gasteiger partial charge < -0.3 is 0 Å². The Morgan fingerprint density at radius 2 is 1.33 bits per heavy atom. The molecule has 2 aromatic carbocycles. The summed E-state index contributed by atoms with van der Waals surface area (Å²) in [7, 11) is 0. The summed E-state index contributed by atoms with van der Waals surface area (Å²) in [6, 6.07) is 17.1. The van der Waals surface area contributed by atoms with Gasteiger partial charge in [0.05, 0.1) is 0 Å². The molecule has 74 valence electrons. The van der Waals surface area contributed by atoms with Crippen LogP contribution in [0.15, 0.2) is 54.6 Å². The van der Waals surface area contributed by atoms with Crippen LogP contribution in [0.2, 0.25) is 0 Å². The molecule has 0 N–H and O–H groups in total. The quantitative estimate of drug-likeness (QED) is 0.584. The van der Waals surface area contributed by atoms with E-state index in [0.717, 1.165) is 11.1 Å². The van der Waals surface area contributed by atoms with Crippen molar-refractivity contribution in [3.8, 4) is 0 Å². The Balaban J connectivity index is 2.33. The van der Waals surface area contributed by atoms with Gasteiger partial charge in [0.15, 0.2) is 0 Å². The third-order valence-corrected chi connectivity index (χ3v) is 3.02. The van der Waals surface area contributed by atoms with Crippen LogP contribution in [0, 0.1) is 0 Å². The molecule has 2 aromatic rings. The summed E-state index contributed by atoms with van der Waals surface area (Å²) in [6.45, 7) is 0. The first kappa shape index (κ1) is 10.2. The first-order valence-corrected chi connectivity index (χ1v) is 5.94. The molecule has 15 heavy (non-hydrogen) atoms. The van der Waals surface area contributed by atoms with Gasteiger partial charge in [-0.25, -0.2) is 0 Å².